The van der Waals surface area contributed by atoms with Crippen LogP contribution in [0.25, 0.3) is 11.1 Å². The number of nitrogens with one attached hydrogen (secondary N) is 1. The number of furan rings is 1. The molecule has 1 aromatic carbocycles. The molecule has 0 aliphatic heterocycles. The van der Waals surface area contributed by atoms with Gasteiger partial charge >= 0.3 is 0 Å². The Hall–Kier alpha value is -1.25. The Bertz CT molecular complexity index is 450. The van der Waals surface area contributed by atoms with Gasteiger partial charge in [-0.05, 0) is 30.8 Å². The van der Waals surface area contributed by atoms with E-state index in [1.807, 2.05) is 37.4 Å². The Morgan fingerprint density at radius 3 is 2.93 bits per heavy atom. The minimum absolute atomic E-state index is 0.717. The lowest BCUT2D eigenvalue weighted by Gasteiger charge is -2.02. The van der Waals surface area contributed by atoms with Gasteiger partial charge in [0.25, 0.3) is 0 Å². The molecule has 1 heterocycles. The van der Waals surface area contributed by atoms with Crippen LogP contribution in [0, 0.1) is 0 Å². The zero-order valence-electron chi connectivity index (χ0n) is 8.46. The summed E-state index contributed by atoms with van der Waals surface area (Å²) in [6, 6.07) is 9.72. The van der Waals surface area contributed by atoms with Crippen molar-refractivity contribution in [2.24, 2.45) is 0 Å². The van der Waals surface area contributed by atoms with E-state index in [4.69, 9.17) is 16.0 Å². The van der Waals surface area contributed by atoms with Crippen molar-refractivity contribution in [2.45, 2.75) is 6.54 Å². The van der Waals surface area contributed by atoms with E-state index in [0.717, 1.165) is 28.5 Å². The monoisotopic (exact) mass is 221 g/mol. The Kier molecular flexibility index (Phi) is 3.09. The molecule has 2 aromatic rings. The molecule has 0 atom stereocenters. The highest BCUT2D eigenvalue weighted by atomic mass is 35.5. The van der Waals surface area contributed by atoms with Gasteiger partial charge in [0.15, 0.2) is 0 Å². The molecule has 15 heavy (non-hydrogen) atoms. The maximum atomic E-state index is 5.94. The van der Waals surface area contributed by atoms with Crippen LogP contribution in [0.4, 0.5) is 0 Å². The summed E-state index contributed by atoms with van der Waals surface area (Å²) in [5.74, 6) is 0.930. The molecule has 78 valence electrons. The summed E-state index contributed by atoms with van der Waals surface area (Å²) in [7, 11) is 1.89. The van der Waals surface area contributed by atoms with E-state index >= 15 is 0 Å². The number of hydrogen-bond acceptors (Lipinski definition) is 2. The molecule has 0 amide bonds. The molecule has 1 aromatic heterocycles. The van der Waals surface area contributed by atoms with Gasteiger partial charge in [-0.1, -0.05) is 23.7 Å². The molecule has 3 heteroatoms. The summed E-state index contributed by atoms with van der Waals surface area (Å²) in [5.41, 5.74) is 2.17. The van der Waals surface area contributed by atoms with E-state index in [1.54, 1.807) is 6.26 Å². The smallest absolute Gasteiger partial charge is 0.125 e. The lowest BCUT2D eigenvalue weighted by molar-refractivity contribution is 0.497. The summed E-state index contributed by atoms with van der Waals surface area (Å²) < 4.78 is 5.39. The summed E-state index contributed by atoms with van der Waals surface area (Å²) >= 11 is 5.94. The summed E-state index contributed by atoms with van der Waals surface area (Å²) in [4.78, 5) is 0. The van der Waals surface area contributed by atoms with Gasteiger partial charge in [0.05, 0.1) is 12.8 Å². The van der Waals surface area contributed by atoms with Crippen LogP contribution in [0.1, 0.15) is 5.76 Å². The van der Waals surface area contributed by atoms with Gasteiger partial charge in [0.1, 0.15) is 5.76 Å². The maximum Gasteiger partial charge on any atom is 0.125 e. The second-order valence-electron chi connectivity index (χ2n) is 3.30. The third kappa shape index (κ3) is 2.22. The standard InChI is InChI=1S/C12H12ClNO/c1-14-8-12-11(5-6-15-12)9-3-2-4-10(13)7-9/h2-7,14H,8H2,1H3. The lowest BCUT2D eigenvalue weighted by atomic mass is 10.1. The fourth-order valence-corrected chi connectivity index (χ4v) is 1.74. The van der Waals surface area contributed by atoms with Crippen molar-refractivity contribution >= 4 is 11.6 Å². The highest BCUT2D eigenvalue weighted by Gasteiger charge is 2.07. The molecule has 0 saturated carbocycles. The Balaban J connectivity index is 2.40. The molecule has 0 bridgehead atoms. The van der Waals surface area contributed by atoms with Crippen LogP contribution in [0.5, 0.6) is 0 Å². The third-order valence-corrected chi connectivity index (χ3v) is 2.45. The third-order valence-electron chi connectivity index (χ3n) is 2.22. The van der Waals surface area contributed by atoms with E-state index in [9.17, 15) is 0 Å². The first-order valence-electron chi connectivity index (χ1n) is 4.78. The Morgan fingerprint density at radius 2 is 2.20 bits per heavy atom. The van der Waals surface area contributed by atoms with Crippen LogP contribution in [-0.2, 0) is 6.54 Å². The number of halogens is 1. The molecule has 0 fully saturated rings. The molecule has 0 aliphatic rings. The van der Waals surface area contributed by atoms with Crippen molar-refractivity contribution in [3.05, 3.63) is 47.4 Å². The van der Waals surface area contributed by atoms with E-state index in [-0.39, 0.29) is 0 Å². The molecular weight excluding hydrogens is 210 g/mol. The van der Waals surface area contributed by atoms with Crippen LogP contribution in [-0.4, -0.2) is 7.05 Å². The van der Waals surface area contributed by atoms with Crippen LogP contribution in [0.2, 0.25) is 5.02 Å². The van der Waals surface area contributed by atoms with Gasteiger partial charge in [-0.25, -0.2) is 0 Å². The lowest BCUT2D eigenvalue weighted by Crippen LogP contribution is -2.04. The fourth-order valence-electron chi connectivity index (χ4n) is 1.55. The van der Waals surface area contributed by atoms with Crippen LogP contribution < -0.4 is 5.32 Å². The average Bonchev–Trinajstić information content (AvgIpc) is 2.66. The Labute approximate surface area is 93.9 Å². The van der Waals surface area contributed by atoms with Crippen LogP contribution >= 0.6 is 11.6 Å². The topological polar surface area (TPSA) is 25.2 Å². The quantitative estimate of drug-likeness (QED) is 0.860. The van der Waals surface area contributed by atoms with Crippen molar-refractivity contribution in [3.8, 4) is 11.1 Å². The van der Waals surface area contributed by atoms with E-state index < -0.39 is 0 Å². The van der Waals surface area contributed by atoms with E-state index in [2.05, 4.69) is 5.32 Å². The molecule has 2 rings (SSSR count). The van der Waals surface area contributed by atoms with E-state index in [0.29, 0.717) is 0 Å². The largest absolute Gasteiger partial charge is 0.467 e. The molecule has 0 radical (unpaired) electrons. The first-order chi connectivity index (χ1) is 7.31. The molecule has 1 N–H and O–H groups in total. The number of hydrogen-bond donors (Lipinski definition) is 1. The zero-order chi connectivity index (χ0) is 10.7. The first kappa shape index (κ1) is 10.3. The van der Waals surface area contributed by atoms with Gasteiger partial charge < -0.3 is 9.73 Å². The average molecular weight is 222 g/mol. The van der Waals surface area contributed by atoms with Gasteiger partial charge in [-0.3, -0.25) is 0 Å². The summed E-state index contributed by atoms with van der Waals surface area (Å²) in [5, 5.41) is 3.81. The van der Waals surface area contributed by atoms with Gasteiger partial charge in [-0.2, -0.15) is 0 Å². The number of rotatable bonds is 3. The van der Waals surface area contributed by atoms with Gasteiger partial charge in [-0.15, -0.1) is 0 Å². The van der Waals surface area contributed by atoms with Gasteiger partial charge in [0, 0.05) is 10.6 Å². The van der Waals surface area contributed by atoms with Crippen molar-refractivity contribution in [1.29, 1.82) is 0 Å². The molecule has 0 spiro atoms. The van der Waals surface area contributed by atoms with Crippen molar-refractivity contribution in [2.75, 3.05) is 7.05 Å². The van der Waals surface area contributed by atoms with Crippen molar-refractivity contribution < 1.29 is 4.42 Å². The van der Waals surface area contributed by atoms with Crippen molar-refractivity contribution in [3.63, 3.8) is 0 Å². The predicted molar refractivity (Wildman–Crippen MR) is 61.9 cm³/mol. The minimum atomic E-state index is 0.717. The Morgan fingerprint density at radius 1 is 1.33 bits per heavy atom. The van der Waals surface area contributed by atoms with E-state index in [1.165, 1.54) is 0 Å². The van der Waals surface area contributed by atoms with Crippen LogP contribution in [0.3, 0.4) is 0 Å². The molecule has 0 aliphatic carbocycles. The van der Waals surface area contributed by atoms with Crippen molar-refractivity contribution in [1.82, 2.24) is 5.32 Å². The van der Waals surface area contributed by atoms with Gasteiger partial charge in [0.2, 0.25) is 0 Å². The first-order valence-corrected chi connectivity index (χ1v) is 5.16. The summed E-state index contributed by atoms with van der Waals surface area (Å²) in [6.45, 7) is 0.717. The highest BCUT2D eigenvalue weighted by Crippen LogP contribution is 2.26. The molecule has 0 saturated heterocycles. The molecule has 0 unspecified atom stereocenters. The normalized spacial score (nSPS) is 10.5. The molecular formula is C12H12ClNO. The SMILES string of the molecule is CNCc1occc1-c1cccc(Cl)c1. The zero-order valence-corrected chi connectivity index (χ0v) is 9.21. The second-order valence-corrected chi connectivity index (χ2v) is 3.73. The maximum absolute atomic E-state index is 5.94. The highest BCUT2D eigenvalue weighted by molar-refractivity contribution is 6.30. The molecule has 2 nitrogen and oxygen atoms in total. The second kappa shape index (κ2) is 4.51. The fraction of sp³-hybridized carbons (Fsp3) is 0.167. The van der Waals surface area contributed by atoms with Crippen LogP contribution in [0.15, 0.2) is 41.0 Å². The number of benzene rings is 1. The predicted octanol–water partition coefficient (Wildman–Crippen LogP) is 3.32. The minimum Gasteiger partial charge on any atom is -0.467 e. The summed E-state index contributed by atoms with van der Waals surface area (Å²) in [6.07, 6.45) is 1.70.